The van der Waals surface area contributed by atoms with Crippen LogP contribution in [0.1, 0.15) is 6.92 Å². The quantitative estimate of drug-likeness (QED) is 0.691. The number of anilines is 1. The highest BCUT2D eigenvalue weighted by Gasteiger charge is 2.20. The van der Waals surface area contributed by atoms with E-state index >= 15 is 0 Å². The van der Waals surface area contributed by atoms with E-state index in [1.807, 2.05) is 6.92 Å². The Hall–Kier alpha value is -2.20. The Morgan fingerprint density at radius 1 is 1.38 bits per heavy atom. The standard InChI is InChI=1S/C10H10ClN7O2S/c1-2-18-3-6(14-5-18)21(19,20)17-10-15-8(11)7-9(16-10)13-4-12-7/h3-5H,2H2,1H3,(H2,12,13,15,16,17). The van der Waals surface area contributed by atoms with Crippen molar-refractivity contribution in [3.8, 4) is 0 Å². The SMILES string of the molecule is CCn1cnc(S(=O)(=O)Nc2nc(Cl)c3[nH]cnc3n2)c1. The fourth-order valence-corrected chi connectivity index (χ4v) is 2.78. The number of hydrogen-bond acceptors (Lipinski definition) is 6. The van der Waals surface area contributed by atoms with Crippen molar-refractivity contribution in [2.24, 2.45) is 0 Å². The normalized spacial score (nSPS) is 11.9. The largest absolute Gasteiger partial charge is 0.341 e. The molecule has 0 aliphatic heterocycles. The molecule has 11 heteroatoms. The summed E-state index contributed by atoms with van der Waals surface area (Å²) in [6.07, 6.45) is 4.24. The molecule has 3 aromatic heterocycles. The summed E-state index contributed by atoms with van der Waals surface area (Å²) in [5.41, 5.74) is 0.710. The maximum absolute atomic E-state index is 12.2. The molecule has 0 aromatic carbocycles. The number of H-pyrrole nitrogens is 1. The summed E-state index contributed by atoms with van der Waals surface area (Å²) >= 11 is 5.93. The first-order chi connectivity index (χ1) is 9.99. The lowest BCUT2D eigenvalue weighted by atomic mass is 10.6. The van der Waals surface area contributed by atoms with Gasteiger partial charge in [-0.15, -0.1) is 0 Å². The number of fused-ring (bicyclic) bond motifs is 1. The maximum atomic E-state index is 12.2. The number of imidazole rings is 2. The predicted molar refractivity (Wildman–Crippen MR) is 75.4 cm³/mol. The zero-order valence-electron chi connectivity index (χ0n) is 10.8. The molecule has 2 N–H and O–H groups in total. The van der Waals surface area contributed by atoms with Gasteiger partial charge in [0.1, 0.15) is 5.52 Å². The third-order valence-electron chi connectivity index (χ3n) is 2.72. The number of nitrogens with one attached hydrogen (secondary N) is 2. The Kier molecular flexibility index (Phi) is 3.26. The van der Waals surface area contributed by atoms with Crippen molar-refractivity contribution < 1.29 is 8.42 Å². The number of nitrogens with zero attached hydrogens (tertiary/aromatic N) is 5. The van der Waals surface area contributed by atoms with Gasteiger partial charge in [-0.3, -0.25) is 0 Å². The Morgan fingerprint density at radius 2 is 2.19 bits per heavy atom. The van der Waals surface area contributed by atoms with Crippen LogP contribution in [-0.4, -0.2) is 37.9 Å². The van der Waals surface area contributed by atoms with Gasteiger partial charge in [0.15, 0.2) is 15.8 Å². The monoisotopic (exact) mass is 327 g/mol. The minimum atomic E-state index is -3.87. The van der Waals surface area contributed by atoms with Crippen LogP contribution in [0.5, 0.6) is 0 Å². The molecule has 0 saturated carbocycles. The molecule has 0 bridgehead atoms. The van der Waals surface area contributed by atoms with Gasteiger partial charge in [0.2, 0.25) is 5.95 Å². The zero-order chi connectivity index (χ0) is 15.0. The Balaban J connectivity index is 1.96. The fourth-order valence-electron chi connectivity index (χ4n) is 1.67. The van der Waals surface area contributed by atoms with Gasteiger partial charge in [0.05, 0.1) is 12.7 Å². The second kappa shape index (κ2) is 4.97. The summed E-state index contributed by atoms with van der Waals surface area (Å²) in [4.78, 5) is 18.3. The van der Waals surface area contributed by atoms with Crippen molar-refractivity contribution in [2.75, 3.05) is 4.72 Å². The van der Waals surface area contributed by atoms with Gasteiger partial charge in [-0.25, -0.2) is 14.7 Å². The molecule has 0 amide bonds. The second-order valence-electron chi connectivity index (χ2n) is 4.09. The van der Waals surface area contributed by atoms with Gasteiger partial charge in [0, 0.05) is 12.7 Å². The van der Waals surface area contributed by atoms with Gasteiger partial charge in [-0.1, -0.05) is 11.6 Å². The minimum absolute atomic E-state index is 0.0780. The van der Waals surface area contributed by atoms with Crippen molar-refractivity contribution in [3.05, 3.63) is 24.0 Å². The van der Waals surface area contributed by atoms with Crippen molar-refractivity contribution in [1.29, 1.82) is 0 Å². The third kappa shape index (κ3) is 2.54. The molecule has 0 atom stereocenters. The van der Waals surface area contributed by atoms with Crippen molar-refractivity contribution in [1.82, 2.24) is 29.5 Å². The van der Waals surface area contributed by atoms with E-state index in [2.05, 4.69) is 29.6 Å². The number of sulfonamides is 1. The summed E-state index contributed by atoms with van der Waals surface area (Å²) in [5, 5.41) is -0.0412. The second-order valence-corrected chi connectivity index (χ2v) is 6.07. The van der Waals surface area contributed by atoms with E-state index in [9.17, 15) is 8.42 Å². The van der Waals surface area contributed by atoms with Crippen LogP contribution in [0.2, 0.25) is 5.15 Å². The van der Waals surface area contributed by atoms with Crippen molar-refractivity contribution in [3.63, 3.8) is 0 Å². The molecule has 0 radical (unpaired) electrons. The van der Waals surface area contributed by atoms with Crippen LogP contribution in [0, 0.1) is 0 Å². The average Bonchev–Trinajstić information content (AvgIpc) is 3.06. The van der Waals surface area contributed by atoms with Crippen LogP contribution in [-0.2, 0) is 16.6 Å². The fraction of sp³-hybridized carbons (Fsp3) is 0.200. The Morgan fingerprint density at radius 3 is 2.90 bits per heavy atom. The number of aromatic nitrogens is 6. The molecule has 3 rings (SSSR count). The molecule has 0 aliphatic rings. The Bertz CT molecular complexity index is 901. The molecule has 0 aliphatic carbocycles. The number of hydrogen-bond donors (Lipinski definition) is 2. The molecular weight excluding hydrogens is 318 g/mol. The number of aryl methyl sites for hydroxylation is 1. The molecule has 0 fully saturated rings. The first-order valence-electron chi connectivity index (χ1n) is 5.91. The first-order valence-corrected chi connectivity index (χ1v) is 7.77. The lowest BCUT2D eigenvalue weighted by molar-refractivity contribution is 0.597. The third-order valence-corrected chi connectivity index (χ3v) is 4.20. The van der Waals surface area contributed by atoms with Crippen LogP contribution < -0.4 is 4.72 Å². The van der Waals surface area contributed by atoms with Gasteiger partial charge >= 0.3 is 0 Å². The van der Waals surface area contributed by atoms with E-state index in [4.69, 9.17) is 11.6 Å². The van der Waals surface area contributed by atoms with E-state index in [0.717, 1.165) is 0 Å². The number of aromatic amines is 1. The van der Waals surface area contributed by atoms with Gasteiger partial charge in [0.25, 0.3) is 10.0 Å². The predicted octanol–water partition coefficient (Wildman–Crippen LogP) is 1.02. The average molecular weight is 328 g/mol. The molecule has 0 unspecified atom stereocenters. The van der Waals surface area contributed by atoms with Crippen LogP contribution in [0.3, 0.4) is 0 Å². The van der Waals surface area contributed by atoms with Crippen molar-refractivity contribution >= 4 is 38.7 Å². The topological polar surface area (TPSA) is 118 Å². The van der Waals surface area contributed by atoms with Crippen molar-refractivity contribution in [2.45, 2.75) is 18.5 Å². The number of halogens is 1. The minimum Gasteiger partial charge on any atom is -0.341 e. The van der Waals surface area contributed by atoms with Gasteiger partial charge in [-0.05, 0) is 6.92 Å². The zero-order valence-corrected chi connectivity index (χ0v) is 12.4. The van der Waals surface area contributed by atoms with E-state index in [0.29, 0.717) is 12.1 Å². The lowest BCUT2D eigenvalue weighted by Gasteiger charge is -2.04. The van der Waals surface area contributed by atoms with Crippen LogP contribution in [0.4, 0.5) is 5.95 Å². The molecule has 0 saturated heterocycles. The molecule has 21 heavy (non-hydrogen) atoms. The van der Waals surface area contributed by atoms with E-state index in [1.54, 1.807) is 4.57 Å². The molecular formula is C10H10ClN7O2S. The van der Waals surface area contributed by atoms with Gasteiger partial charge in [-0.2, -0.15) is 18.4 Å². The highest BCUT2D eigenvalue weighted by Crippen LogP contribution is 2.19. The summed E-state index contributed by atoms with van der Waals surface area (Å²) in [5.74, 6) is -0.161. The highest BCUT2D eigenvalue weighted by molar-refractivity contribution is 7.92. The molecule has 9 nitrogen and oxygen atoms in total. The van der Waals surface area contributed by atoms with E-state index < -0.39 is 10.0 Å². The Labute approximate surface area is 124 Å². The molecule has 3 heterocycles. The summed E-state index contributed by atoms with van der Waals surface area (Å²) in [6.45, 7) is 2.49. The smallest absolute Gasteiger partial charge is 0.283 e. The van der Waals surface area contributed by atoms with E-state index in [1.165, 1.54) is 18.9 Å². The maximum Gasteiger partial charge on any atom is 0.283 e. The molecule has 110 valence electrons. The number of rotatable bonds is 4. The van der Waals surface area contributed by atoms with Crippen LogP contribution in [0.25, 0.3) is 11.2 Å². The molecule has 0 spiro atoms. The van der Waals surface area contributed by atoms with E-state index in [-0.39, 0.29) is 21.8 Å². The lowest BCUT2D eigenvalue weighted by Crippen LogP contribution is -2.15. The molecule has 3 aromatic rings. The highest BCUT2D eigenvalue weighted by atomic mass is 35.5. The van der Waals surface area contributed by atoms with Gasteiger partial charge < -0.3 is 9.55 Å². The van der Waals surface area contributed by atoms with Crippen LogP contribution >= 0.6 is 11.6 Å². The first kappa shape index (κ1) is 13.8. The summed E-state index contributed by atoms with van der Waals surface area (Å²) in [7, 11) is -3.87. The summed E-state index contributed by atoms with van der Waals surface area (Å²) < 4.78 is 28.2. The van der Waals surface area contributed by atoms with Crippen LogP contribution in [0.15, 0.2) is 23.9 Å². The summed E-state index contributed by atoms with van der Waals surface area (Å²) in [6, 6.07) is 0.